The molecule has 0 spiro atoms. The molecule has 3 aromatic rings. The molecule has 10 nitrogen and oxygen atoms in total. The Labute approximate surface area is 252 Å². The summed E-state index contributed by atoms with van der Waals surface area (Å²) in [6.45, 7) is 3.99. The summed E-state index contributed by atoms with van der Waals surface area (Å²) in [6, 6.07) is 17.3. The van der Waals surface area contributed by atoms with Gasteiger partial charge in [0.1, 0.15) is 24.2 Å². The number of piperidine rings is 2. The van der Waals surface area contributed by atoms with Gasteiger partial charge < -0.3 is 23.8 Å². The molecule has 0 saturated carbocycles. The first-order chi connectivity index (χ1) is 21.0. The Morgan fingerprint density at radius 1 is 0.953 bits per heavy atom. The fourth-order valence-electron chi connectivity index (χ4n) is 6.29. The number of carbonyl (C=O) groups excluding carboxylic acids is 2. The number of carbonyl (C=O) groups is 2. The number of fused-ring (bicyclic) bond motifs is 1. The lowest BCUT2D eigenvalue weighted by Crippen LogP contribution is -2.50. The Bertz CT molecular complexity index is 1450. The second-order valence-corrected chi connectivity index (χ2v) is 11.2. The molecule has 43 heavy (non-hydrogen) atoms. The number of rotatable bonds is 8. The number of hydrogen-bond acceptors (Lipinski definition) is 8. The minimum absolute atomic E-state index is 0.0199. The van der Waals surface area contributed by atoms with E-state index in [9.17, 15) is 9.59 Å². The van der Waals surface area contributed by atoms with E-state index in [-0.39, 0.29) is 24.1 Å². The van der Waals surface area contributed by atoms with Crippen molar-refractivity contribution >= 4 is 17.7 Å². The fourth-order valence-corrected chi connectivity index (χ4v) is 6.29. The van der Waals surface area contributed by atoms with Gasteiger partial charge in [0, 0.05) is 62.2 Å². The number of likely N-dealkylation sites (tertiary alicyclic amines) is 2. The molecule has 2 aromatic carbocycles. The molecule has 0 unspecified atom stereocenters. The number of hydrogen-bond donors (Lipinski definition) is 0. The van der Waals surface area contributed by atoms with Gasteiger partial charge in [-0.05, 0) is 49.9 Å². The number of anilines is 1. The van der Waals surface area contributed by atoms with Crippen LogP contribution in [0, 0.1) is 0 Å². The molecule has 226 valence electrons. The van der Waals surface area contributed by atoms with Gasteiger partial charge in [0.15, 0.2) is 0 Å². The maximum Gasteiger partial charge on any atom is 0.414 e. The molecule has 0 atom stereocenters. The van der Waals surface area contributed by atoms with Crippen molar-refractivity contribution in [3.05, 3.63) is 77.5 Å². The highest BCUT2D eigenvalue weighted by atomic mass is 16.6. The average Bonchev–Trinajstić information content (AvgIpc) is 3.05. The highest BCUT2D eigenvalue weighted by Crippen LogP contribution is 2.33. The van der Waals surface area contributed by atoms with Crippen LogP contribution in [0.25, 0.3) is 0 Å². The smallest absolute Gasteiger partial charge is 0.414 e. The van der Waals surface area contributed by atoms with Crippen molar-refractivity contribution in [3.63, 3.8) is 0 Å². The van der Waals surface area contributed by atoms with Gasteiger partial charge in [-0.2, -0.15) is 0 Å². The van der Waals surface area contributed by atoms with Crippen LogP contribution in [0.5, 0.6) is 17.4 Å². The van der Waals surface area contributed by atoms with E-state index in [0.29, 0.717) is 55.5 Å². The van der Waals surface area contributed by atoms with Crippen LogP contribution in [0.3, 0.4) is 0 Å². The summed E-state index contributed by atoms with van der Waals surface area (Å²) in [5.41, 5.74) is 3.50. The molecule has 0 radical (unpaired) electrons. The van der Waals surface area contributed by atoms with Gasteiger partial charge in [0.2, 0.25) is 5.88 Å². The quantitative estimate of drug-likeness (QED) is 0.368. The lowest BCUT2D eigenvalue weighted by Gasteiger charge is -2.40. The molecular weight excluding hydrogens is 548 g/mol. The Hall–Kier alpha value is -4.31. The number of cyclic esters (lactones) is 1. The fraction of sp³-hybridized carbons (Fsp3) is 0.424. The molecule has 2 fully saturated rings. The summed E-state index contributed by atoms with van der Waals surface area (Å²) < 4.78 is 22.8. The SMILES string of the molecule is COc1cc(OC2CCN(Cc3cccnc3OC)CC2)ccc1C(=O)N1CCC(N2C(=O)OCc3ccccc32)CC1. The minimum Gasteiger partial charge on any atom is -0.496 e. The highest BCUT2D eigenvalue weighted by molar-refractivity contribution is 5.97. The first kappa shape index (κ1) is 28.8. The predicted octanol–water partition coefficient (Wildman–Crippen LogP) is 4.90. The molecule has 1 aromatic heterocycles. The minimum atomic E-state index is -0.319. The standard InChI is InChI=1S/C33H38N4O6/c1-40-30-20-27(43-26-13-16-35(17-14-26)21-23-7-5-15-34-31(23)41-2)9-10-28(30)32(38)36-18-11-25(12-19-36)37-29-8-4-3-6-24(29)22-42-33(37)39/h3-10,15,20,25-26H,11-14,16-19,21-22H2,1-2H3. The van der Waals surface area contributed by atoms with E-state index < -0.39 is 0 Å². The summed E-state index contributed by atoms with van der Waals surface area (Å²) in [5.74, 6) is 1.79. The van der Waals surface area contributed by atoms with E-state index in [1.807, 2.05) is 47.4 Å². The summed E-state index contributed by atoms with van der Waals surface area (Å²) in [6.07, 6.45) is 4.65. The van der Waals surface area contributed by atoms with E-state index in [1.165, 1.54) is 0 Å². The zero-order valence-electron chi connectivity index (χ0n) is 24.7. The number of benzene rings is 2. The summed E-state index contributed by atoms with van der Waals surface area (Å²) >= 11 is 0. The summed E-state index contributed by atoms with van der Waals surface area (Å²) in [7, 11) is 3.22. The van der Waals surface area contributed by atoms with Gasteiger partial charge >= 0.3 is 6.09 Å². The van der Waals surface area contributed by atoms with Crippen LogP contribution in [-0.2, 0) is 17.9 Å². The number of para-hydroxylation sites is 1. The summed E-state index contributed by atoms with van der Waals surface area (Å²) in [5, 5.41) is 0. The second kappa shape index (κ2) is 12.9. The normalized spacial score (nSPS) is 18.1. The average molecular weight is 587 g/mol. The van der Waals surface area contributed by atoms with E-state index >= 15 is 0 Å². The van der Waals surface area contributed by atoms with Gasteiger partial charge in [0.25, 0.3) is 5.91 Å². The Morgan fingerprint density at radius 3 is 2.51 bits per heavy atom. The number of ether oxygens (including phenoxy) is 4. The largest absolute Gasteiger partial charge is 0.496 e. The van der Waals surface area contributed by atoms with Crippen molar-refractivity contribution in [2.24, 2.45) is 0 Å². The monoisotopic (exact) mass is 586 g/mol. The first-order valence-electron chi connectivity index (χ1n) is 14.9. The number of amides is 2. The Morgan fingerprint density at radius 2 is 1.74 bits per heavy atom. The van der Waals surface area contributed by atoms with Crippen molar-refractivity contribution in [3.8, 4) is 17.4 Å². The van der Waals surface area contributed by atoms with Gasteiger partial charge in [-0.1, -0.05) is 24.3 Å². The van der Waals surface area contributed by atoms with E-state index in [2.05, 4.69) is 16.0 Å². The molecule has 6 rings (SSSR count). The van der Waals surface area contributed by atoms with Crippen LogP contribution in [0.4, 0.5) is 10.5 Å². The maximum atomic E-state index is 13.5. The predicted molar refractivity (Wildman–Crippen MR) is 161 cm³/mol. The first-order valence-corrected chi connectivity index (χ1v) is 14.9. The third-order valence-corrected chi connectivity index (χ3v) is 8.59. The van der Waals surface area contributed by atoms with Gasteiger partial charge in [0.05, 0.1) is 25.5 Å². The Balaban J connectivity index is 1.03. The zero-order chi connectivity index (χ0) is 29.8. The lowest BCUT2D eigenvalue weighted by molar-refractivity contribution is 0.0705. The topological polar surface area (TPSA) is 93.7 Å². The number of methoxy groups -OCH3 is 2. The van der Waals surface area contributed by atoms with Crippen molar-refractivity contribution in [2.45, 2.75) is 51.0 Å². The highest BCUT2D eigenvalue weighted by Gasteiger charge is 2.35. The third kappa shape index (κ3) is 6.24. The van der Waals surface area contributed by atoms with E-state index in [4.69, 9.17) is 18.9 Å². The molecule has 3 aliphatic heterocycles. The van der Waals surface area contributed by atoms with E-state index in [0.717, 1.165) is 49.3 Å². The molecule has 0 N–H and O–H groups in total. The summed E-state index contributed by atoms with van der Waals surface area (Å²) in [4.78, 5) is 36.5. The molecule has 2 amide bonds. The lowest BCUT2D eigenvalue weighted by atomic mass is 10.00. The van der Waals surface area contributed by atoms with Crippen molar-refractivity contribution in [2.75, 3.05) is 45.3 Å². The van der Waals surface area contributed by atoms with Crippen LogP contribution in [0.1, 0.15) is 47.2 Å². The molecule has 3 aliphatic rings. The third-order valence-electron chi connectivity index (χ3n) is 8.59. The van der Waals surface area contributed by atoms with Gasteiger partial charge in [-0.25, -0.2) is 9.78 Å². The molecule has 4 heterocycles. The molecular formula is C33H38N4O6. The van der Waals surface area contributed by atoms with Crippen LogP contribution < -0.4 is 19.1 Å². The number of pyridine rings is 1. The second-order valence-electron chi connectivity index (χ2n) is 11.2. The van der Waals surface area contributed by atoms with Crippen LogP contribution >= 0.6 is 0 Å². The maximum absolute atomic E-state index is 13.5. The molecule has 0 bridgehead atoms. The zero-order valence-corrected chi connectivity index (χ0v) is 24.7. The van der Waals surface area contributed by atoms with Crippen molar-refractivity contribution in [1.29, 1.82) is 0 Å². The molecule has 0 aliphatic carbocycles. The van der Waals surface area contributed by atoms with Gasteiger partial charge in [-0.15, -0.1) is 0 Å². The van der Waals surface area contributed by atoms with Crippen LogP contribution in [0.2, 0.25) is 0 Å². The van der Waals surface area contributed by atoms with E-state index in [1.54, 1.807) is 31.4 Å². The molecule has 2 saturated heterocycles. The van der Waals surface area contributed by atoms with Gasteiger partial charge in [-0.3, -0.25) is 14.6 Å². The number of aromatic nitrogens is 1. The molecule has 10 heteroatoms. The Kier molecular flexibility index (Phi) is 8.64. The van der Waals surface area contributed by atoms with Crippen molar-refractivity contribution < 1.29 is 28.5 Å². The van der Waals surface area contributed by atoms with Crippen molar-refractivity contribution in [1.82, 2.24) is 14.8 Å². The van der Waals surface area contributed by atoms with Crippen LogP contribution in [0.15, 0.2) is 60.8 Å². The number of nitrogens with zero attached hydrogens (tertiary/aromatic N) is 4. The van der Waals surface area contributed by atoms with Crippen LogP contribution in [-0.4, -0.2) is 79.3 Å².